The maximum absolute atomic E-state index is 12.8. The molecule has 1 N–H and O–H groups in total. The van der Waals surface area contributed by atoms with E-state index >= 15 is 0 Å². The third kappa shape index (κ3) is 4.09. The fourth-order valence-corrected chi connectivity index (χ4v) is 3.35. The molecular weight excluding hydrogens is 393 g/mol. The molecular formula is C19H15F3N2O3S. The average molecular weight is 408 g/mol. The van der Waals surface area contributed by atoms with Gasteiger partial charge in [0.2, 0.25) is 0 Å². The number of para-hydroxylation sites is 1. The lowest BCUT2D eigenvalue weighted by Crippen LogP contribution is -2.13. The van der Waals surface area contributed by atoms with E-state index in [2.05, 4.69) is 10.3 Å². The molecule has 1 aromatic heterocycles. The molecule has 0 radical (unpaired) electrons. The molecule has 1 heterocycles. The number of hydrogen-bond acceptors (Lipinski definition) is 5. The van der Waals surface area contributed by atoms with Crippen molar-refractivity contribution in [1.82, 2.24) is 4.98 Å². The molecule has 146 valence electrons. The minimum Gasteiger partial charge on any atom is -0.493 e. The van der Waals surface area contributed by atoms with Crippen LogP contribution in [0.1, 0.15) is 16.1 Å². The van der Waals surface area contributed by atoms with E-state index < -0.39 is 17.6 Å². The Labute approximate surface area is 162 Å². The molecule has 5 nitrogen and oxygen atoms in total. The van der Waals surface area contributed by atoms with Gasteiger partial charge in [-0.15, -0.1) is 11.3 Å². The van der Waals surface area contributed by atoms with E-state index in [0.29, 0.717) is 22.1 Å². The summed E-state index contributed by atoms with van der Waals surface area (Å²) in [6, 6.07) is 9.69. The summed E-state index contributed by atoms with van der Waals surface area (Å²) >= 11 is 1.21. The van der Waals surface area contributed by atoms with Crippen LogP contribution in [0.5, 0.6) is 11.5 Å². The number of methoxy groups -OCH3 is 2. The minimum atomic E-state index is -4.49. The number of anilines is 1. The van der Waals surface area contributed by atoms with Crippen molar-refractivity contribution in [1.29, 1.82) is 0 Å². The lowest BCUT2D eigenvalue weighted by molar-refractivity contribution is -0.137. The van der Waals surface area contributed by atoms with Gasteiger partial charge in [-0.1, -0.05) is 12.1 Å². The monoisotopic (exact) mass is 408 g/mol. The lowest BCUT2D eigenvalue weighted by Gasteiger charge is -2.10. The molecule has 3 aromatic rings. The van der Waals surface area contributed by atoms with Gasteiger partial charge in [0.1, 0.15) is 10.7 Å². The normalized spacial score (nSPS) is 11.2. The second kappa shape index (κ2) is 7.89. The predicted octanol–water partition coefficient (Wildman–Crippen LogP) is 5.10. The maximum atomic E-state index is 12.8. The summed E-state index contributed by atoms with van der Waals surface area (Å²) in [5, 5.41) is 4.48. The van der Waals surface area contributed by atoms with E-state index in [-0.39, 0.29) is 11.4 Å². The van der Waals surface area contributed by atoms with Gasteiger partial charge in [0.15, 0.2) is 11.5 Å². The summed E-state index contributed by atoms with van der Waals surface area (Å²) in [5.74, 6) is 0.387. The Morgan fingerprint density at radius 1 is 1.11 bits per heavy atom. The van der Waals surface area contributed by atoms with E-state index in [1.165, 1.54) is 43.1 Å². The van der Waals surface area contributed by atoms with Crippen molar-refractivity contribution >= 4 is 22.9 Å². The highest BCUT2D eigenvalue weighted by molar-refractivity contribution is 7.13. The smallest absolute Gasteiger partial charge is 0.416 e. The zero-order chi connectivity index (χ0) is 20.3. The molecule has 2 aromatic carbocycles. The number of rotatable bonds is 5. The molecule has 3 rings (SSSR count). The zero-order valence-electron chi connectivity index (χ0n) is 14.8. The van der Waals surface area contributed by atoms with E-state index in [0.717, 1.165) is 12.1 Å². The Hall–Kier alpha value is -3.07. The number of hydrogen-bond donors (Lipinski definition) is 1. The van der Waals surface area contributed by atoms with Crippen LogP contribution in [-0.4, -0.2) is 25.1 Å². The number of carbonyl (C=O) groups excluding carboxylic acids is 1. The van der Waals surface area contributed by atoms with E-state index in [9.17, 15) is 18.0 Å². The van der Waals surface area contributed by atoms with Crippen LogP contribution in [0.25, 0.3) is 10.6 Å². The standard InChI is InChI=1S/C19H15F3N2O3S/c1-26-15-8-4-7-13(16(15)27-2)18-24-14(10-28-18)17(25)23-12-6-3-5-11(9-12)19(20,21)22/h3-10H,1-2H3,(H,23,25). The van der Waals surface area contributed by atoms with E-state index in [4.69, 9.17) is 9.47 Å². The number of amides is 1. The van der Waals surface area contributed by atoms with Crippen LogP contribution in [0.3, 0.4) is 0 Å². The van der Waals surface area contributed by atoms with Gasteiger partial charge in [0.25, 0.3) is 5.91 Å². The number of halogens is 3. The number of benzene rings is 2. The highest BCUT2D eigenvalue weighted by atomic mass is 32.1. The molecule has 0 unspecified atom stereocenters. The summed E-state index contributed by atoms with van der Waals surface area (Å²) in [5.41, 5.74) is -0.0778. The SMILES string of the molecule is COc1cccc(-c2nc(C(=O)Nc3cccc(C(F)(F)F)c3)cs2)c1OC. The number of thiazole rings is 1. The first-order chi connectivity index (χ1) is 13.3. The molecule has 0 saturated heterocycles. The minimum absolute atomic E-state index is 0.0355. The number of nitrogens with one attached hydrogen (secondary N) is 1. The number of carbonyl (C=O) groups is 1. The third-order valence-electron chi connectivity index (χ3n) is 3.82. The van der Waals surface area contributed by atoms with Gasteiger partial charge >= 0.3 is 6.18 Å². The summed E-state index contributed by atoms with van der Waals surface area (Å²) < 4.78 is 49.0. The van der Waals surface area contributed by atoms with Crippen molar-refractivity contribution < 1.29 is 27.4 Å². The summed E-state index contributed by atoms with van der Waals surface area (Å²) in [6.07, 6.45) is -4.49. The molecule has 0 bridgehead atoms. The maximum Gasteiger partial charge on any atom is 0.416 e. The fraction of sp³-hybridized carbons (Fsp3) is 0.158. The molecule has 0 atom stereocenters. The first kappa shape index (κ1) is 19.7. The van der Waals surface area contributed by atoms with E-state index in [1.807, 2.05) is 0 Å². The van der Waals surface area contributed by atoms with Crippen molar-refractivity contribution in [3.63, 3.8) is 0 Å². The molecule has 1 amide bonds. The quantitative estimate of drug-likeness (QED) is 0.638. The first-order valence-corrected chi connectivity index (χ1v) is 8.87. The molecule has 0 aliphatic carbocycles. The van der Waals surface area contributed by atoms with Crippen molar-refractivity contribution in [2.24, 2.45) is 0 Å². The van der Waals surface area contributed by atoms with Crippen LogP contribution < -0.4 is 14.8 Å². The Kier molecular flexibility index (Phi) is 5.55. The van der Waals surface area contributed by atoms with E-state index in [1.54, 1.807) is 18.2 Å². The van der Waals surface area contributed by atoms with Crippen LogP contribution in [0, 0.1) is 0 Å². The van der Waals surface area contributed by atoms with Crippen LogP contribution in [0.15, 0.2) is 47.8 Å². The predicted molar refractivity (Wildman–Crippen MR) is 100 cm³/mol. The lowest BCUT2D eigenvalue weighted by atomic mass is 10.2. The van der Waals surface area contributed by atoms with Gasteiger partial charge < -0.3 is 14.8 Å². The third-order valence-corrected chi connectivity index (χ3v) is 4.69. The van der Waals surface area contributed by atoms with Crippen molar-refractivity contribution in [3.05, 3.63) is 59.1 Å². The van der Waals surface area contributed by atoms with Gasteiger partial charge in [-0.05, 0) is 30.3 Å². The van der Waals surface area contributed by atoms with Crippen LogP contribution in [0.2, 0.25) is 0 Å². The molecule has 0 saturated carbocycles. The number of nitrogens with zero attached hydrogens (tertiary/aromatic N) is 1. The van der Waals surface area contributed by atoms with Crippen LogP contribution >= 0.6 is 11.3 Å². The largest absolute Gasteiger partial charge is 0.493 e. The van der Waals surface area contributed by atoms with Gasteiger partial charge in [-0.25, -0.2) is 4.98 Å². The van der Waals surface area contributed by atoms with Crippen LogP contribution in [0.4, 0.5) is 18.9 Å². The van der Waals surface area contributed by atoms with Gasteiger partial charge in [0, 0.05) is 11.1 Å². The van der Waals surface area contributed by atoms with Gasteiger partial charge in [-0.2, -0.15) is 13.2 Å². The van der Waals surface area contributed by atoms with Gasteiger partial charge in [-0.3, -0.25) is 4.79 Å². The summed E-state index contributed by atoms with van der Waals surface area (Å²) in [6.45, 7) is 0. The van der Waals surface area contributed by atoms with Crippen molar-refractivity contribution in [3.8, 4) is 22.1 Å². The Morgan fingerprint density at radius 2 is 1.86 bits per heavy atom. The molecule has 0 spiro atoms. The van der Waals surface area contributed by atoms with Gasteiger partial charge in [0.05, 0.1) is 25.3 Å². The number of aromatic nitrogens is 1. The second-order valence-corrected chi connectivity index (χ2v) is 6.47. The summed E-state index contributed by atoms with van der Waals surface area (Å²) in [7, 11) is 3.01. The molecule has 0 fully saturated rings. The molecule has 0 aliphatic heterocycles. The van der Waals surface area contributed by atoms with Crippen molar-refractivity contribution in [2.45, 2.75) is 6.18 Å². The van der Waals surface area contributed by atoms with Crippen molar-refractivity contribution in [2.75, 3.05) is 19.5 Å². The Balaban J connectivity index is 1.84. The summed E-state index contributed by atoms with van der Waals surface area (Å²) in [4.78, 5) is 16.7. The second-order valence-electron chi connectivity index (χ2n) is 5.61. The number of ether oxygens (including phenoxy) is 2. The molecule has 9 heteroatoms. The molecule has 0 aliphatic rings. The molecule has 28 heavy (non-hydrogen) atoms. The Morgan fingerprint density at radius 3 is 2.54 bits per heavy atom. The topological polar surface area (TPSA) is 60.5 Å². The highest BCUT2D eigenvalue weighted by Crippen LogP contribution is 2.39. The first-order valence-electron chi connectivity index (χ1n) is 7.99. The Bertz CT molecular complexity index is 1000. The fourth-order valence-electron chi connectivity index (χ4n) is 2.53. The zero-order valence-corrected chi connectivity index (χ0v) is 15.6. The average Bonchev–Trinajstić information content (AvgIpc) is 3.17. The number of alkyl halides is 3. The highest BCUT2D eigenvalue weighted by Gasteiger charge is 2.30. The van der Waals surface area contributed by atoms with Crippen LogP contribution in [-0.2, 0) is 6.18 Å².